The average molecular weight is 278 g/mol. The molecular formula is C15H16ClNO2. The molecule has 0 fully saturated rings. The number of rotatable bonds is 6. The summed E-state index contributed by atoms with van der Waals surface area (Å²) < 4.78 is 5.74. The molecule has 1 aromatic heterocycles. The Morgan fingerprint density at radius 1 is 1.47 bits per heavy atom. The molecule has 0 aliphatic rings. The minimum Gasteiger partial charge on any atom is -0.493 e. The Bertz CT molecular complexity index is 601. The monoisotopic (exact) mass is 277 g/mol. The molecule has 0 aliphatic carbocycles. The fourth-order valence-electron chi connectivity index (χ4n) is 1.87. The molecule has 4 heteroatoms. The summed E-state index contributed by atoms with van der Waals surface area (Å²) >= 11 is 5.48. The number of nitrogens with one attached hydrogen (secondary N) is 1. The van der Waals surface area contributed by atoms with E-state index in [1.54, 1.807) is 6.08 Å². The predicted molar refractivity (Wildman–Crippen MR) is 78.8 cm³/mol. The van der Waals surface area contributed by atoms with Crippen LogP contribution in [0.15, 0.2) is 30.5 Å². The molecule has 0 unspecified atom stereocenters. The number of H-pyrrole nitrogens is 1. The lowest BCUT2D eigenvalue weighted by Crippen LogP contribution is -1.95. The molecule has 0 spiro atoms. The third-order valence-corrected chi connectivity index (χ3v) is 3.00. The van der Waals surface area contributed by atoms with Gasteiger partial charge in [-0.15, -0.1) is 11.6 Å². The topological polar surface area (TPSA) is 42.1 Å². The first-order valence-electron chi connectivity index (χ1n) is 6.26. The fraction of sp³-hybridized carbons (Fsp3) is 0.267. The first-order valence-corrected chi connectivity index (χ1v) is 6.79. The number of hydrogen-bond acceptors (Lipinski definition) is 2. The number of carbonyl (C=O) groups is 1. The number of aromatic amines is 1. The van der Waals surface area contributed by atoms with E-state index in [0.29, 0.717) is 6.61 Å². The second-order valence-corrected chi connectivity index (χ2v) is 4.47. The predicted octanol–water partition coefficient (Wildman–Crippen LogP) is 3.78. The van der Waals surface area contributed by atoms with Gasteiger partial charge in [-0.1, -0.05) is 13.0 Å². The molecule has 0 radical (unpaired) electrons. The number of aromatic nitrogens is 1. The van der Waals surface area contributed by atoms with Gasteiger partial charge in [-0.05, 0) is 30.7 Å². The number of allylic oxidation sites excluding steroid dienone is 1. The molecule has 1 N–H and O–H groups in total. The molecule has 0 atom stereocenters. The number of halogens is 1. The lowest BCUT2D eigenvalue weighted by atomic mass is 10.1. The van der Waals surface area contributed by atoms with Crippen LogP contribution in [0.5, 0.6) is 5.75 Å². The highest BCUT2D eigenvalue weighted by Gasteiger charge is 2.07. The van der Waals surface area contributed by atoms with Crippen molar-refractivity contribution in [3.63, 3.8) is 0 Å². The zero-order valence-electron chi connectivity index (χ0n) is 10.8. The van der Waals surface area contributed by atoms with Gasteiger partial charge in [0.25, 0.3) is 0 Å². The molecule has 100 valence electrons. The van der Waals surface area contributed by atoms with E-state index in [4.69, 9.17) is 16.3 Å². The van der Waals surface area contributed by atoms with Gasteiger partial charge in [0.1, 0.15) is 5.75 Å². The molecule has 0 amide bonds. The van der Waals surface area contributed by atoms with E-state index in [-0.39, 0.29) is 11.7 Å². The van der Waals surface area contributed by atoms with Crippen molar-refractivity contribution in [3.8, 4) is 5.75 Å². The van der Waals surface area contributed by atoms with E-state index in [2.05, 4.69) is 11.9 Å². The summed E-state index contributed by atoms with van der Waals surface area (Å²) in [4.78, 5) is 14.4. The molecular weight excluding hydrogens is 262 g/mol. The van der Waals surface area contributed by atoms with E-state index in [9.17, 15) is 4.79 Å². The number of benzene rings is 1. The number of alkyl halides is 1. The quantitative estimate of drug-likeness (QED) is 0.645. The summed E-state index contributed by atoms with van der Waals surface area (Å²) in [5, 5.41) is 0.995. The number of ether oxygens (including phenoxy) is 1. The van der Waals surface area contributed by atoms with Crippen LogP contribution in [-0.2, 0) is 4.79 Å². The maximum atomic E-state index is 11.2. The normalized spacial score (nSPS) is 11.3. The van der Waals surface area contributed by atoms with Crippen LogP contribution in [0.3, 0.4) is 0 Å². The van der Waals surface area contributed by atoms with Crippen molar-refractivity contribution in [2.45, 2.75) is 13.3 Å². The summed E-state index contributed by atoms with van der Waals surface area (Å²) in [6, 6.07) is 5.86. The highest BCUT2D eigenvalue weighted by Crippen LogP contribution is 2.29. The van der Waals surface area contributed by atoms with Crippen molar-refractivity contribution in [1.82, 2.24) is 4.98 Å². The lowest BCUT2D eigenvalue weighted by Gasteiger charge is -2.06. The number of hydrogen-bond donors (Lipinski definition) is 1. The van der Waals surface area contributed by atoms with Crippen molar-refractivity contribution in [2.24, 2.45) is 0 Å². The number of ketones is 1. The Labute approximate surface area is 117 Å². The van der Waals surface area contributed by atoms with Crippen LogP contribution in [0.25, 0.3) is 17.0 Å². The van der Waals surface area contributed by atoms with Gasteiger partial charge in [0.05, 0.1) is 12.5 Å². The molecule has 0 saturated carbocycles. The standard InChI is InChI=1S/C15H16ClNO2/c1-2-8-19-14-5-3-4-13-15(14)11(10-17-13)6-7-12(18)9-16/h3-7,10,17H,2,8-9H2,1H3/b7-6+. The maximum absolute atomic E-state index is 11.2. The molecule has 3 nitrogen and oxygen atoms in total. The summed E-state index contributed by atoms with van der Waals surface area (Å²) in [5.41, 5.74) is 1.92. The summed E-state index contributed by atoms with van der Waals surface area (Å²) in [6.07, 6.45) is 6.08. The van der Waals surface area contributed by atoms with Crippen molar-refractivity contribution < 1.29 is 9.53 Å². The van der Waals surface area contributed by atoms with E-state index < -0.39 is 0 Å². The summed E-state index contributed by atoms with van der Waals surface area (Å²) in [7, 11) is 0. The highest BCUT2D eigenvalue weighted by atomic mass is 35.5. The Hall–Kier alpha value is -1.74. The van der Waals surface area contributed by atoms with Crippen LogP contribution >= 0.6 is 11.6 Å². The highest BCUT2D eigenvalue weighted by molar-refractivity contribution is 6.29. The van der Waals surface area contributed by atoms with Gasteiger partial charge >= 0.3 is 0 Å². The lowest BCUT2D eigenvalue weighted by molar-refractivity contribution is -0.112. The van der Waals surface area contributed by atoms with Gasteiger partial charge in [0.15, 0.2) is 5.78 Å². The van der Waals surface area contributed by atoms with Gasteiger partial charge < -0.3 is 9.72 Å². The number of fused-ring (bicyclic) bond motifs is 1. The van der Waals surface area contributed by atoms with E-state index >= 15 is 0 Å². The summed E-state index contributed by atoms with van der Waals surface area (Å²) in [5.74, 6) is 0.722. The van der Waals surface area contributed by atoms with Crippen LogP contribution in [0, 0.1) is 0 Å². The molecule has 2 rings (SSSR count). The molecule has 1 aromatic carbocycles. The molecule has 0 aliphatic heterocycles. The smallest absolute Gasteiger partial charge is 0.170 e. The van der Waals surface area contributed by atoms with Crippen molar-refractivity contribution in [2.75, 3.05) is 12.5 Å². The number of carbonyl (C=O) groups excluding carboxylic acids is 1. The first kappa shape index (κ1) is 13.7. The third-order valence-electron chi connectivity index (χ3n) is 2.74. The van der Waals surface area contributed by atoms with Crippen LogP contribution in [0.2, 0.25) is 0 Å². The molecule has 2 aromatic rings. The second kappa shape index (κ2) is 6.43. The molecule has 1 heterocycles. The maximum Gasteiger partial charge on any atom is 0.170 e. The van der Waals surface area contributed by atoms with Crippen molar-refractivity contribution in [1.29, 1.82) is 0 Å². The molecule has 0 bridgehead atoms. The SMILES string of the molecule is CCCOc1cccc2[nH]cc(/C=C/C(=O)CCl)c12. The van der Waals surface area contributed by atoms with Crippen molar-refractivity contribution >= 4 is 34.4 Å². The van der Waals surface area contributed by atoms with Crippen LogP contribution in [0.4, 0.5) is 0 Å². The Kier molecular flexibility index (Phi) is 4.63. The minimum atomic E-state index is -0.108. The summed E-state index contributed by atoms with van der Waals surface area (Å²) in [6.45, 7) is 2.74. The van der Waals surface area contributed by atoms with Gasteiger partial charge in [0, 0.05) is 22.7 Å². The van der Waals surface area contributed by atoms with E-state index in [0.717, 1.165) is 28.6 Å². The van der Waals surface area contributed by atoms with Gasteiger partial charge in [-0.25, -0.2) is 0 Å². The van der Waals surface area contributed by atoms with Crippen LogP contribution in [-0.4, -0.2) is 23.3 Å². The van der Waals surface area contributed by atoms with Gasteiger partial charge in [-0.3, -0.25) is 4.79 Å². The van der Waals surface area contributed by atoms with Gasteiger partial charge in [0.2, 0.25) is 0 Å². The second-order valence-electron chi connectivity index (χ2n) is 4.20. The zero-order chi connectivity index (χ0) is 13.7. The first-order chi connectivity index (χ1) is 9.26. The van der Waals surface area contributed by atoms with E-state index in [1.807, 2.05) is 24.4 Å². The van der Waals surface area contributed by atoms with Crippen LogP contribution in [0.1, 0.15) is 18.9 Å². The fourth-order valence-corrected chi connectivity index (χ4v) is 1.96. The largest absolute Gasteiger partial charge is 0.493 e. The molecule has 19 heavy (non-hydrogen) atoms. The Morgan fingerprint density at radius 3 is 3.05 bits per heavy atom. The van der Waals surface area contributed by atoms with Crippen LogP contribution < -0.4 is 4.74 Å². The van der Waals surface area contributed by atoms with Gasteiger partial charge in [-0.2, -0.15) is 0 Å². The zero-order valence-corrected chi connectivity index (χ0v) is 11.5. The Balaban J connectivity index is 2.39. The van der Waals surface area contributed by atoms with E-state index in [1.165, 1.54) is 6.08 Å². The molecule has 0 saturated heterocycles. The third kappa shape index (κ3) is 3.18. The van der Waals surface area contributed by atoms with Crippen molar-refractivity contribution in [3.05, 3.63) is 36.0 Å². The Morgan fingerprint density at radius 2 is 2.32 bits per heavy atom. The average Bonchev–Trinajstić information content (AvgIpc) is 2.86. The minimum absolute atomic E-state index is 0.00194.